The second-order valence-electron chi connectivity index (χ2n) is 5.88. The van der Waals surface area contributed by atoms with Crippen molar-refractivity contribution < 1.29 is 9.47 Å². The molecule has 1 aliphatic carbocycles. The van der Waals surface area contributed by atoms with Gasteiger partial charge in [-0.25, -0.2) is 0 Å². The van der Waals surface area contributed by atoms with E-state index in [1.165, 1.54) is 0 Å². The summed E-state index contributed by atoms with van der Waals surface area (Å²) in [5.41, 5.74) is -0.113. The molecule has 0 saturated heterocycles. The standard InChI is InChI=1S/C17H30O2/c1-7-15(18-13(3)4)17(11-9-10-12-17)16(8-2)19-14(5)6/h9-16H,7-8H2,1-6H3. The van der Waals surface area contributed by atoms with E-state index in [0.717, 1.165) is 12.8 Å². The van der Waals surface area contributed by atoms with Gasteiger partial charge < -0.3 is 9.47 Å². The molecule has 0 N–H and O–H groups in total. The fourth-order valence-corrected chi connectivity index (χ4v) is 2.93. The van der Waals surface area contributed by atoms with E-state index < -0.39 is 0 Å². The highest BCUT2D eigenvalue weighted by Gasteiger charge is 2.43. The molecule has 0 aromatic rings. The number of hydrogen-bond donors (Lipinski definition) is 0. The zero-order chi connectivity index (χ0) is 14.5. The van der Waals surface area contributed by atoms with E-state index >= 15 is 0 Å². The topological polar surface area (TPSA) is 18.5 Å². The summed E-state index contributed by atoms with van der Waals surface area (Å²) in [6, 6.07) is 0. The fourth-order valence-electron chi connectivity index (χ4n) is 2.93. The molecule has 110 valence electrons. The third kappa shape index (κ3) is 3.93. The van der Waals surface area contributed by atoms with Gasteiger partial charge in [-0.3, -0.25) is 0 Å². The number of allylic oxidation sites excluding steroid dienone is 2. The first kappa shape index (κ1) is 16.5. The zero-order valence-electron chi connectivity index (χ0n) is 13.3. The Morgan fingerprint density at radius 1 is 0.789 bits per heavy atom. The molecule has 0 aromatic carbocycles. The van der Waals surface area contributed by atoms with E-state index in [4.69, 9.17) is 9.47 Å². The Hall–Kier alpha value is -0.600. The molecule has 0 bridgehead atoms. The lowest BCUT2D eigenvalue weighted by molar-refractivity contribution is -0.114. The van der Waals surface area contributed by atoms with Gasteiger partial charge >= 0.3 is 0 Å². The predicted octanol–water partition coefficient (Wildman–Crippen LogP) is 4.51. The van der Waals surface area contributed by atoms with Crippen LogP contribution in [0.3, 0.4) is 0 Å². The van der Waals surface area contributed by atoms with Crippen LogP contribution in [0.15, 0.2) is 24.3 Å². The smallest absolute Gasteiger partial charge is 0.0726 e. The molecule has 2 unspecified atom stereocenters. The minimum absolute atomic E-state index is 0.113. The van der Waals surface area contributed by atoms with Crippen LogP contribution < -0.4 is 0 Å². The molecule has 1 rings (SSSR count). The maximum Gasteiger partial charge on any atom is 0.0726 e. The first-order valence-electron chi connectivity index (χ1n) is 7.64. The van der Waals surface area contributed by atoms with Crippen molar-refractivity contribution in [2.24, 2.45) is 5.41 Å². The summed E-state index contributed by atoms with van der Waals surface area (Å²) in [5, 5.41) is 0. The largest absolute Gasteiger partial charge is 0.374 e. The van der Waals surface area contributed by atoms with Crippen molar-refractivity contribution in [3.63, 3.8) is 0 Å². The van der Waals surface area contributed by atoms with Gasteiger partial charge in [0.05, 0.1) is 29.8 Å². The molecule has 0 amide bonds. The summed E-state index contributed by atoms with van der Waals surface area (Å²) >= 11 is 0. The highest BCUT2D eigenvalue weighted by Crippen LogP contribution is 2.41. The molecule has 0 saturated carbocycles. The van der Waals surface area contributed by atoms with E-state index in [0.29, 0.717) is 0 Å². The summed E-state index contributed by atoms with van der Waals surface area (Å²) in [7, 11) is 0. The summed E-state index contributed by atoms with van der Waals surface area (Å²) in [6.45, 7) is 12.8. The first-order valence-corrected chi connectivity index (χ1v) is 7.64. The van der Waals surface area contributed by atoms with Crippen molar-refractivity contribution in [1.29, 1.82) is 0 Å². The molecular weight excluding hydrogens is 236 g/mol. The zero-order valence-corrected chi connectivity index (χ0v) is 13.3. The van der Waals surface area contributed by atoms with Gasteiger partial charge in [0, 0.05) is 0 Å². The van der Waals surface area contributed by atoms with Gasteiger partial charge in [0.1, 0.15) is 0 Å². The Bertz CT molecular complexity index is 283. The van der Waals surface area contributed by atoms with E-state index in [9.17, 15) is 0 Å². The molecule has 0 fully saturated rings. The second-order valence-corrected chi connectivity index (χ2v) is 5.88. The molecule has 0 aromatic heterocycles. The van der Waals surface area contributed by atoms with E-state index in [-0.39, 0.29) is 29.8 Å². The Kier molecular flexibility index (Phi) is 6.28. The number of ether oxygens (including phenoxy) is 2. The van der Waals surface area contributed by atoms with Gasteiger partial charge in [-0.05, 0) is 40.5 Å². The normalized spacial score (nSPS) is 20.4. The minimum atomic E-state index is -0.113. The van der Waals surface area contributed by atoms with Crippen LogP contribution in [0, 0.1) is 5.41 Å². The lowest BCUT2D eigenvalue weighted by Gasteiger charge is -2.41. The molecular formula is C17H30O2. The van der Waals surface area contributed by atoms with Crippen molar-refractivity contribution >= 4 is 0 Å². The lowest BCUT2D eigenvalue weighted by Crippen LogP contribution is -2.45. The van der Waals surface area contributed by atoms with Crippen molar-refractivity contribution in [3.8, 4) is 0 Å². The van der Waals surface area contributed by atoms with E-state index in [2.05, 4.69) is 65.8 Å². The lowest BCUT2D eigenvalue weighted by atomic mass is 9.75. The monoisotopic (exact) mass is 266 g/mol. The van der Waals surface area contributed by atoms with Gasteiger partial charge in [-0.15, -0.1) is 0 Å². The van der Waals surface area contributed by atoms with Crippen molar-refractivity contribution in [2.75, 3.05) is 0 Å². The van der Waals surface area contributed by atoms with Gasteiger partial charge in [0.25, 0.3) is 0 Å². The summed E-state index contributed by atoms with van der Waals surface area (Å²) < 4.78 is 12.3. The van der Waals surface area contributed by atoms with Crippen LogP contribution in [0.4, 0.5) is 0 Å². The average Bonchev–Trinajstić information content (AvgIpc) is 2.82. The van der Waals surface area contributed by atoms with E-state index in [1.54, 1.807) is 0 Å². The minimum Gasteiger partial charge on any atom is -0.374 e. The van der Waals surface area contributed by atoms with Gasteiger partial charge in [0.15, 0.2) is 0 Å². The van der Waals surface area contributed by atoms with Crippen LogP contribution in [0.5, 0.6) is 0 Å². The SMILES string of the molecule is CCC(OC(C)C)C1(C(CC)OC(C)C)C=CC=C1. The number of hydrogen-bond acceptors (Lipinski definition) is 2. The molecule has 2 atom stereocenters. The Balaban J connectivity index is 3.00. The summed E-state index contributed by atoms with van der Waals surface area (Å²) in [4.78, 5) is 0. The molecule has 0 aliphatic heterocycles. The Morgan fingerprint density at radius 3 is 1.42 bits per heavy atom. The molecule has 0 radical (unpaired) electrons. The predicted molar refractivity (Wildman–Crippen MR) is 81.3 cm³/mol. The van der Waals surface area contributed by atoms with Gasteiger partial charge in [0.2, 0.25) is 0 Å². The molecule has 2 heteroatoms. The maximum absolute atomic E-state index is 6.17. The van der Waals surface area contributed by atoms with Gasteiger partial charge in [-0.1, -0.05) is 38.2 Å². The third-order valence-corrected chi connectivity index (χ3v) is 3.61. The van der Waals surface area contributed by atoms with Crippen LogP contribution >= 0.6 is 0 Å². The van der Waals surface area contributed by atoms with E-state index in [1.807, 2.05) is 0 Å². The fraction of sp³-hybridized carbons (Fsp3) is 0.765. The molecule has 19 heavy (non-hydrogen) atoms. The highest BCUT2D eigenvalue weighted by molar-refractivity contribution is 5.29. The Morgan fingerprint density at radius 2 is 1.16 bits per heavy atom. The van der Waals surface area contributed by atoms with Crippen LogP contribution in [0.2, 0.25) is 0 Å². The van der Waals surface area contributed by atoms with Crippen molar-refractivity contribution in [3.05, 3.63) is 24.3 Å². The Labute approximate surface area is 118 Å². The van der Waals surface area contributed by atoms with Crippen molar-refractivity contribution in [2.45, 2.75) is 78.8 Å². The molecule has 2 nitrogen and oxygen atoms in total. The van der Waals surface area contributed by atoms with Gasteiger partial charge in [-0.2, -0.15) is 0 Å². The molecule has 1 aliphatic rings. The van der Waals surface area contributed by atoms with Crippen molar-refractivity contribution in [1.82, 2.24) is 0 Å². The third-order valence-electron chi connectivity index (χ3n) is 3.61. The quantitative estimate of drug-likeness (QED) is 0.643. The molecule has 0 spiro atoms. The van der Waals surface area contributed by atoms with Crippen LogP contribution in [0.25, 0.3) is 0 Å². The maximum atomic E-state index is 6.17. The summed E-state index contributed by atoms with van der Waals surface area (Å²) in [6.07, 6.45) is 11.6. The number of rotatable bonds is 8. The second kappa shape index (κ2) is 7.25. The van der Waals surface area contributed by atoms with Crippen LogP contribution in [0.1, 0.15) is 54.4 Å². The average molecular weight is 266 g/mol. The van der Waals surface area contributed by atoms with Crippen LogP contribution in [-0.2, 0) is 9.47 Å². The van der Waals surface area contributed by atoms with Crippen LogP contribution in [-0.4, -0.2) is 24.4 Å². The summed E-state index contributed by atoms with van der Waals surface area (Å²) in [5.74, 6) is 0. The molecule has 0 heterocycles. The first-order chi connectivity index (χ1) is 8.96. The highest BCUT2D eigenvalue weighted by atomic mass is 16.5.